The van der Waals surface area contributed by atoms with Crippen LogP contribution < -0.4 is 10.6 Å². The van der Waals surface area contributed by atoms with Crippen LogP contribution in [0.1, 0.15) is 68.5 Å². The molecular formula is C30H37BrN4O3. The van der Waals surface area contributed by atoms with Crippen molar-refractivity contribution >= 4 is 33.8 Å². The van der Waals surface area contributed by atoms with Crippen molar-refractivity contribution in [2.24, 2.45) is 5.92 Å². The zero-order valence-electron chi connectivity index (χ0n) is 21.8. The van der Waals surface area contributed by atoms with Crippen LogP contribution in [0.4, 0.5) is 4.79 Å². The molecule has 1 saturated carbocycles. The minimum Gasteiger partial charge on any atom is -0.349 e. The molecule has 38 heavy (non-hydrogen) atoms. The van der Waals surface area contributed by atoms with Crippen LogP contribution in [0.15, 0.2) is 59.1 Å². The number of nitrogens with one attached hydrogen (secondary N) is 2. The minimum atomic E-state index is -0.809. The van der Waals surface area contributed by atoms with E-state index in [4.69, 9.17) is 0 Å². The van der Waals surface area contributed by atoms with E-state index in [2.05, 4.69) is 43.6 Å². The Kier molecular flexibility index (Phi) is 8.48. The van der Waals surface area contributed by atoms with E-state index in [1.54, 1.807) is 0 Å². The van der Waals surface area contributed by atoms with E-state index in [0.29, 0.717) is 12.8 Å². The number of nitrogens with zero attached hydrogens (tertiary/aromatic N) is 2. The van der Waals surface area contributed by atoms with E-state index < -0.39 is 5.54 Å². The van der Waals surface area contributed by atoms with Gasteiger partial charge in [-0.1, -0.05) is 77.7 Å². The molecule has 2 saturated heterocycles. The largest absolute Gasteiger partial charge is 0.349 e. The van der Waals surface area contributed by atoms with Crippen molar-refractivity contribution in [2.45, 2.75) is 69.5 Å². The Morgan fingerprint density at radius 3 is 2.37 bits per heavy atom. The van der Waals surface area contributed by atoms with Gasteiger partial charge in [0.1, 0.15) is 5.54 Å². The molecule has 202 valence electrons. The molecule has 7 nitrogen and oxygen atoms in total. The van der Waals surface area contributed by atoms with Crippen molar-refractivity contribution in [3.05, 3.63) is 70.2 Å². The molecule has 1 spiro atoms. The summed E-state index contributed by atoms with van der Waals surface area (Å²) in [5.41, 5.74) is 1.25. The Morgan fingerprint density at radius 1 is 1.00 bits per heavy atom. The van der Waals surface area contributed by atoms with Crippen molar-refractivity contribution in [1.29, 1.82) is 0 Å². The van der Waals surface area contributed by atoms with Gasteiger partial charge in [-0.15, -0.1) is 0 Å². The van der Waals surface area contributed by atoms with Crippen LogP contribution in [0.2, 0.25) is 0 Å². The van der Waals surface area contributed by atoms with Gasteiger partial charge in [0, 0.05) is 30.0 Å². The summed E-state index contributed by atoms with van der Waals surface area (Å²) < 4.78 is 0.963. The van der Waals surface area contributed by atoms with Crippen LogP contribution in [0.3, 0.4) is 0 Å². The zero-order chi connectivity index (χ0) is 26.5. The number of imide groups is 1. The van der Waals surface area contributed by atoms with Crippen LogP contribution in [0.25, 0.3) is 0 Å². The molecule has 2 aromatic carbocycles. The molecule has 0 radical (unpaired) electrons. The summed E-state index contributed by atoms with van der Waals surface area (Å²) in [6, 6.07) is 17.6. The number of carbonyl (C=O) groups is 3. The first-order chi connectivity index (χ1) is 18.4. The number of piperidine rings is 1. The molecule has 2 heterocycles. The predicted octanol–water partition coefficient (Wildman–Crippen LogP) is 5.16. The van der Waals surface area contributed by atoms with E-state index in [-0.39, 0.29) is 36.3 Å². The van der Waals surface area contributed by atoms with Gasteiger partial charge in [-0.05, 0) is 55.4 Å². The molecule has 2 aliphatic heterocycles. The summed E-state index contributed by atoms with van der Waals surface area (Å²) in [4.78, 5) is 42.9. The lowest BCUT2D eigenvalue weighted by molar-refractivity contribution is -0.133. The molecule has 2 N–H and O–H groups in total. The third kappa shape index (κ3) is 6.12. The van der Waals surface area contributed by atoms with Gasteiger partial charge < -0.3 is 15.5 Å². The molecule has 4 amide bonds. The molecule has 5 rings (SSSR count). The number of likely N-dealkylation sites (tertiary alicyclic amines) is 1. The number of urea groups is 1. The Labute approximate surface area is 233 Å². The maximum absolute atomic E-state index is 13.4. The summed E-state index contributed by atoms with van der Waals surface area (Å²) in [5.74, 6) is 0.190. The van der Waals surface area contributed by atoms with Gasteiger partial charge >= 0.3 is 6.03 Å². The quantitative estimate of drug-likeness (QED) is 0.422. The number of amides is 4. The zero-order valence-corrected chi connectivity index (χ0v) is 23.4. The second-order valence-corrected chi connectivity index (χ2v) is 11.9. The van der Waals surface area contributed by atoms with Crippen molar-refractivity contribution in [2.75, 3.05) is 19.6 Å². The molecule has 0 bridgehead atoms. The smallest absolute Gasteiger partial charge is 0.325 e. The summed E-state index contributed by atoms with van der Waals surface area (Å²) in [5, 5.41) is 6.37. The predicted molar refractivity (Wildman–Crippen MR) is 150 cm³/mol. The molecule has 1 unspecified atom stereocenters. The van der Waals surface area contributed by atoms with Gasteiger partial charge in [0.15, 0.2) is 0 Å². The maximum atomic E-state index is 13.4. The fourth-order valence-electron chi connectivity index (χ4n) is 6.06. The molecular weight excluding hydrogens is 544 g/mol. The van der Waals surface area contributed by atoms with Crippen LogP contribution >= 0.6 is 15.9 Å². The van der Waals surface area contributed by atoms with Gasteiger partial charge in [-0.2, -0.15) is 0 Å². The Morgan fingerprint density at radius 2 is 1.68 bits per heavy atom. The average Bonchev–Trinajstić information content (AvgIpc) is 3.17. The van der Waals surface area contributed by atoms with Crippen molar-refractivity contribution in [3.63, 3.8) is 0 Å². The topological polar surface area (TPSA) is 81.8 Å². The highest BCUT2D eigenvalue weighted by Gasteiger charge is 2.52. The number of halogens is 1. The molecule has 3 aliphatic rings. The average molecular weight is 582 g/mol. The van der Waals surface area contributed by atoms with E-state index in [0.717, 1.165) is 67.3 Å². The SMILES string of the molecule is O=C(NC(CCN1CCC2(CC1)NC(=O)N(Cc1ccc(Br)cc1)C2=O)c1ccccc1)C1CCCCC1. The normalized spacial score (nSPS) is 20.9. The lowest BCUT2D eigenvalue weighted by Gasteiger charge is -2.38. The van der Waals surface area contributed by atoms with Gasteiger partial charge in [-0.25, -0.2) is 4.79 Å². The lowest BCUT2D eigenvalue weighted by atomic mass is 9.87. The Bertz CT molecular complexity index is 1130. The summed E-state index contributed by atoms with van der Waals surface area (Å²) in [6.07, 6.45) is 7.48. The van der Waals surface area contributed by atoms with Crippen molar-refractivity contribution < 1.29 is 14.4 Å². The fourth-order valence-corrected chi connectivity index (χ4v) is 6.33. The van der Waals surface area contributed by atoms with Crippen LogP contribution in [-0.4, -0.2) is 52.8 Å². The van der Waals surface area contributed by atoms with Crippen molar-refractivity contribution in [3.8, 4) is 0 Å². The van der Waals surface area contributed by atoms with E-state index in [1.807, 2.05) is 42.5 Å². The van der Waals surface area contributed by atoms with E-state index in [9.17, 15) is 14.4 Å². The van der Waals surface area contributed by atoms with Crippen LogP contribution in [-0.2, 0) is 16.1 Å². The van der Waals surface area contributed by atoms with E-state index >= 15 is 0 Å². The van der Waals surface area contributed by atoms with Gasteiger partial charge in [0.05, 0.1) is 12.6 Å². The van der Waals surface area contributed by atoms with Crippen LogP contribution in [0.5, 0.6) is 0 Å². The first-order valence-electron chi connectivity index (χ1n) is 13.9. The molecule has 0 aromatic heterocycles. The second-order valence-electron chi connectivity index (χ2n) is 11.0. The lowest BCUT2D eigenvalue weighted by Crippen LogP contribution is -2.55. The Hall–Kier alpha value is -2.71. The number of benzene rings is 2. The summed E-state index contributed by atoms with van der Waals surface area (Å²) >= 11 is 3.42. The summed E-state index contributed by atoms with van der Waals surface area (Å²) in [7, 11) is 0. The van der Waals surface area contributed by atoms with Gasteiger partial charge in [-0.3, -0.25) is 14.5 Å². The first kappa shape index (κ1) is 26.9. The maximum Gasteiger partial charge on any atom is 0.325 e. The minimum absolute atomic E-state index is 0.0317. The molecule has 1 atom stereocenters. The third-order valence-electron chi connectivity index (χ3n) is 8.44. The highest BCUT2D eigenvalue weighted by Crippen LogP contribution is 2.31. The number of rotatable bonds is 8. The van der Waals surface area contributed by atoms with Gasteiger partial charge in [0.25, 0.3) is 5.91 Å². The van der Waals surface area contributed by atoms with Crippen molar-refractivity contribution in [1.82, 2.24) is 20.4 Å². The van der Waals surface area contributed by atoms with Crippen LogP contribution in [0, 0.1) is 5.92 Å². The summed E-state index contributed by atoms with van der Waals surface area (Å²) in [6.45, 7) is 2.57. The number of carbonyl (C=O) groups excluding carboxylic acids is 3. The first-order valence-corrected chi connectivity index (χ1v) is 14.7. The molecule has 3 fully saturated rings. The molecule has 2 aromatic rings. The number of hydrogen-bond acceptors (Lipinski definition) is 4. The molecule has 8 heteroatoms. The highest BCUT2D eigenvalue weighted by atomic mass is 79.9. The third-order valence-corrected chi connectivity index (χ3v) is 8.97. The van der Waals surface area contributed by atoms with Gasteiger partial charge in [0.2, 0.25) is 5.91 Å². The monoisotopic (exact) mass is 580 g/mol. The Balaban J connectivity index is 1.17. The number of hydrogen-bond donors (Lipinski definition) is 2. The highest BCUT2D eigenvalue weighted by molar-refractivity contribution is 9.10. The molecule has 1 aliphatic carbocycles. The standard InChI is InChI=1S/C30H37BrN4O3/c31-25-13-11-22(12-14-25)21-35-28(37)30(33-29(35)38)16-19-34(20-17-30)18-15-26(23-7-3-1-4-8-23)32-27(36)24-9-5-2-6-10-24/h1,3-4,7-8,11-14,24,26H,2,5-6,9-10,15-21H2,(H,32,36)(H,33,38). The second kappa shape index (κ2) is 12.0. The fraction of sp³-hybridized carbons (Fsp3) is 0.500. The van der Waals surface area contributed by atoms with E-state index in [1.165, 1.54) is 11.3 Å².